The Hall–Kier alpha value is -2.66. The number of rotatable bonds is 8. The minimum absolute atomic E-state index is 0.0224. The highest BCUT2D eigenvalue weighted by atomic mass is 35.5. The van der Waals surface area contributed by atoms with Crippen molar-refractivity contribution in [3.05, 3.63) is 63.4 Å². The third kappa shape index (κ3) is 6.00. The van der Waals surface area contributed by atoms with Gasteiger partial charge < -0.3 is 20.9 Å². The fourth-order valence-corrected chi connectivity index (χ4v) is 5.45. The summed E-state index contributed by atoms with van der Waals surface area (Å²) in [6, 6.07) is 8.88. The Morgan fingerprint density at radius 3 is 2.72 bits per heavy atom. The van der Waals surface area contributed by atoms with Crippen LogP contribution < -0.4 is 11.1 Å². The summed E-state index contributed by atoms with van der Waals surface area (Å²) in [6.45, 7) is 0.997. The van der Waals surface area contributed by atoms with E-state index in [9.17, 15) is 18.0 Å². The van der Waals surface area contributed by atoms with E-state index in [4.69, 9.17) is 28.9 Å². The average molecular weight is 552 g/mol. The SMILES string of the molecule is CS(=O)(=O)CC[C@H](NC(=O)c1ccc(C(=O)N2CCC[C@H]2CN)c(Cl)c1)c1nc2ccc(Cl)cc2[nH]1. The fourth-order valence-electron chi connectivity index (χ4n) is 4.35. The molecule has 0 saturated carbocycles. The molecule has 12 heteroatoms. The summed E-state index contributed by atoms with van der Waals surface area (Å²) in [5, 5.41) is 3.52. The molecule has 1 fully saturated rings. The Morgan fingerprint density at radius 2 is 2.03 bits per heavy atom. The number of hydrogen-bond donors (Lipinski definition) is 3. The van der Waals surface area contributed by atoms with Crippen LogP contribution in [0.5, 0.6) is 0 Å². The number of hydrogen-bond acceptors (Lipinski definition) is 6. The number of aromatic nitrogens is 2. The molecule has 36 heavy (non-hydrogen) atoms. The molecule has 0 unspecified atom stereocenters. The van der Waals surface area contributed by atoms with Gasteiger partial charge in [0.15, 0.2) is 0 Å². The minimum atomic E-state index is -3.29. The Balaban J connectivity index is 1.56. The maximum Gasteiger partial charge on any atom is 0.255 e. The van der Waals surface area contributed by atoms with Crippen molar-refractivity contribution < 1.29 is 18.0 Å². The summed E-state index contributed by atoms with van der Waals surface area (Å²) in [5.74, 6) is -0.438. The number of imidazole rings is 1. The second-order valence-electron chi connectivity index (χ2n) is 8.95. The van der Waals surface area contributed by atoms with Crippen LogP contribution in [0.2, 0.25) is 10.0 Å². The number of halogens is 2. The molecule has 1 aromatic heterocycles. The quantitative estimate of drug-likeness (QED) is 0.392. The van der Waals surface area contributed by atoms with E-state index >= 15 is 0 Å². The number of carbonyl (C=O) groups excluding carboxylic acids is 2. The molecule has 0 aliphatic carbocycles. The largest absolute Gasteiger partial charge is 0.342 e. The molecule has 1 saturated heterocycles. The summed E-state index contributed by atoms with van der Waals surface area (Å²) in [7, 11) is -3.29. The fraction of sp³-hybridized carbons (Fsp3) is 0.375. The number of nitrogens with zero attached hydrogens (tertiary/aromatic N) is 2. The van der Waals surface area contributed by atoms with E-state index in [-0.39, 0.29) is 34.7 Å². The molecule has 1 aliphatic heterocycles. The molecule has 0 radical (unpaired) electrons. The van der Waals surface area contributed by atoms with Crippen molar-refractivity contribution in [1.82, 2.24) is 20.2 Å². The first kappa shape index (κ1) is 26.4. The first-order valence-electron chi connectivity index (χ1n) is 11.5. The lowest BCUT2D eigenvalue weighted by Gasteiger charge is -2.24. The first-order chi connectivity index (χ1) is 17.1. The minimum Gasteiger partial charge on any atom is -0.342 e. The second kappa shape index (κ2) is 10.8. The number of nitrogens with one attached hydrogen (secondary N) is 2. The smallest absolute Gasteiger partial charge is 0.255 e. The van der Waals surface area contributed by atoms with Crippen LogP contribution in [0.4, 0.5) is 0 Å². The predicted octanol–water partition coefficient (Wildman–Crippen LogP) is 3.34. The normalized spacial score (nSPS) is 16.9. The molecule has 2 amide bonds. The molecular weight excluding hydrogens is 525 g/mol. The predicted molar refractivity (Wildman–Crippen MR) is 140 cm³/mol. The van der Waals surface area contributed by atoms with Crippen molar-refractivity contribution in [2.75, 3.05) is 25.1 Å². The maximum absolute atomic E-state index is 13.1. The molecule has 2 atom stereocenters. The lowest BCUT2D eigenvalue weighted by atomic mass is 10.1. The molecule has 4 N–H and O–H groups in total. The highest BCUT2D eigenvalue weighted by Gasteiger charge is 2.30. The Kier molecular flexibility index (Phi) is 7.89. The summed E-state index contributed by atoms with van der Waals surface area (Å²) in [4.78, 5) is 35.4. The zero-order chi connectivity index (χ0) is 26.0. The zero-order valence-electron chi connectivity index (χ0n) is 19.6. The number of amides is 2. The van der Waals surface area contributed by atoms with Crippen molar-refractivity contribution in [2.45, 2.75) is 31.3 Å². The number of sulfone groups is 1. The molecule has 2 heterocycles. The number of benzene rings is 2. The van der Waals surface area contributed by atoms with E-state index < -0.39 is 21.8 Å². The number of nitrogens with two attached hydrogens (primary N) is 1. The highest BCUT2D eigenvalue weighted by Crippen LogP contribution is 2.26. The van der Waals surface area contributed by atoms with Gasteiger partial charge in [-0.2, -0.15) is 0 Å². The van der Waals surface area contributed by atoms with E-state index in [0.717, 1.165) is 19.1 Å². The van der Waals surface area contributed by atoms with Gasteiger partial charge in [0, 0.05) is 36.0 Å². The van der Waals surface area contributed by atoms with E-state index in [2.05, 4.69) is 15.3 Å². The summed E-state index contributed by atoms with van der Waals surface area (Å²) < 4.78 is 23.6. The van der Waals surface area contributed by atoms with Gasteiger partial charge in [0.25, 0.3) is 11.8 Å². The van der Waals surface area contributed by atoms with Crippen molar-refractivity contribution in [2.24, 2.45) is 5.73 Å². The molecule has 3 aromatic rings. The van der Waals surface area contributed by atoms with Gasteiger partial charge in [-0.25, -0.2) is 13.4 Å². The molecule has 9 nitrogen and oxygen atoms in total. The van der Waals surface area contributed by atoms with Crippen LogP contribution in [0.15, 0.2) is 36.4 Å². The number of aromatic amines is 1. The Bertz CT molecular complexity index is 1410. The monoisotopic (exact) mass is 551 g/mol. The van der Waals surface area contributed by atoms with E-state index in [1.807, 2.05) is 0 Å². The van der Waals surface area contributed by atoms with Gasteiger partial charge in [0.2, 0.25) is 0 Å². The third-order valence-electron chi connectivity index (χ3n) is 6.25. The number of fused-ring (bicyclic) bond motifs is 1. The molecular formula is C24H27Cl2N5O4S. The molecule has 2 aromatic carbocycles. The van der Waals surface area contributed by atoms with Gasteiger partial charge in [-0.3, -0.25) is 9.59 Å². The Labute approximate surface area is 219 Å². The molecule has 0 spiro atoms. The van der Waals surface area contributed by atoms with Crippen LogP contribution in [0.25, 0.3) is 11.0 Å². The number of carbonyl (C=O) groups is 2. The van der Waals surface area contributed by atoms with Crippen molar-refractivity contribution in [3.8, 4) is 0 Å². The van der Waals surface area contributed by atoms with Gasteiger partial charge in [-0.05, 0) is 55.7 Å². The maximum atomic E-state index is 13.1. The molecule has 4 rings (SSSR count). The molecule has 1 aliphatic rings. The molecule has 192 valence electrons. The molecule has 0 bridgehead atoms. The highest BCUT2D eigenvalue weighted by molar-refractivity contribution is 7.90. The standard InChI is InChI=1S/C24H27Cl2N5O4S/c1-36(34,35)10-8-20(22-28-19-7-5-15(25)12-21(19)29-22)30-23(32)14-4-6-17(18(26)11-14)24(33)31-9-2-3-16(31)13-27/h4-7,11-12,16,20H,2-3,8-10,13,27H2,1H3,(H,28,29)(H,30,32)/t16-,20-/m0/s1. The van der Waals surface area contributed by atoms with E-state index in [0.29, 0.717) is 40.5 Å². The van der Waals surface area contributed by atoms with Crippen LogP contribution >= 0.6 is 23.2 Å². The number of likely N-dealkylation sites (tertiary alicyclic amines) is 1. The zero-order valence-corrected chi connectivity index (χ0v) is 22.0. The van der Waals surface area contributed by atoms with Gasteiger partial charge >= 0.3 is 0 Å². The van der Waals surface area contributed by atoms with E-state index in [1.165, 1.54) is 18.2 Å². The van der Waals surface area contributed by atoms with Crippen LogP contribution in [-0.4, -0.2) is 66.2 Å². The van der Waals surface area contributed by atoms with Crippen molar-refractivity contribution in [3.63, 3.8) is 0 Å². The summed E-state index contributed by atoms with van der Waals surface area (Å²) >= 11 is 12.5. The van der Waals surface area contributed by atoms with Gasteiger partial charge in [-0.1, -0.05) is 23.2 Å². The van der Waals surface area contributed by atoms with Gasteiger partial charge in [-0.15, -0.1) is 0 Å². The van der Waals surface area contributed by atoms with Gasteiger partial charge in [0.05, 0.1) is 33.4 Å². The average Bonchev–Trinajstić information content (AvgIpc) is 3.47. The van der Waals surface area contributed by atoms with Crippen LogP contribution in [-0.2, 0) is 9.84 Å². The lowest BCUT2D eigenvalue weighted by molar-refractivity contribution is 0.0740. The van der Waals surface area contributed by atoms with Crippen LogP contribution in [0, 0.1) is 0 Å². The van der Waals surface area contributed by atoms with Crippen molar-refractivity contribution in [1.29, 1.82) is 0 Å². The van der Waals surface area contributed by atoms with Gasteiger partial charge in [0.1, 0.15) is 15.7 Å². The summed E-state index contributed by atoms with van der Waals surface area (Å²) in [6.07, 6.45) is 2.98. The third-order valence-corrected chi connectivity index (χ3v) is 7.77. The topological polar surface area (TPSA) is 138 Å². The number of H-pyrrole nitrogens is 1. The Morgan fingerprint density at radius 1 is 1.25 bits per heavy atom. The second-order valence-corrected chi connectivity index (χ2v) is 12.1. The first-order valence-corrected chi connectivity index (χ1v) is 14.3. The van der Waals surface area contributed by atoms with E-state index in [1.54, 1.807) is 23.1 Å². The lowest BCUT2D eigenvalue weighted by Crippen LogP contribution is -2.40. The van der Waals surface area contributed by atoms with Crippen LogP contribution in [0.3, 0.4) is 0 Å². The van der Waals surface area contributed by atoms with Crippen LogP contribution in [0.1, 0.15) is 51.8 Å². The summed E-state index contributed by atoms with van der Waals surface area (Å²) in [5.41, 5.74) is 7.63. The van der Waals surface area contributed by atoms with Crippen molar-refractivity contribution >= 4 is 55.9 Å².